The molecular weight excluding hydrogens is 429 g/mol. The topological polar surface area (TPSA) is 46.2 Å². The molecule has 174 valence electrons. The molecule has 5 nitrogen and oxygen atoms in total. The van der Waals surface area contributed by atoms with E-state index in [-0.39, 0.29) is 19.3 Å². The van der Waals surface area contributed by atoms with Crippen LogP contribution in [0.25, 0.3) is 0 Å². The standard InChI is InChI=1S/C18H23F7O5/c1-14(28-8-26-2)15(19,20)13(12-7-10-4-5-11(12)6-10)30-17(16(14,21)22,18(23,24)25)29-9-27-3/h4-5,10-13H,6-9H2,1-3H3. The molecule has 2 bridgehead atoms. The molecule has 0 aromatic heterocycles. The van der Waals surface area contributed by atoms with Gasteiger partial charge >= 0.3 is 23.8 Å². The molecule has 0 radical (unpaired) electrons. The molecular formula is C18H23F7O5. The smallest absolute Gasteiger partial charge is 0.359 e. The highest BCUT2D eigenvalue weighted by Gasteiger charge is 2.89. The van der Waals surface area contributed by atoms with Crippen molar-refractivity contribution in [2.24, 2.45) is 17.8 Å². The Kier molecular flexibility index (Phi) is 5.99. The summed E-state index contributed by atoms with van der Waals surface area (Å²) in [6.45, 7) is -2.14. The Hall–Kier alpha value is -0.950. The molecule has 1 saturated carbocycles. The fraction of sp³-hybridized carbons (Fsp3) is 0.889. The van der Waals surface area contributed by atoms with Crippen LogP contribution in [0.15, 0.2) is 12.2 Å². The van der Waals surface area contributed by atoms with Crippen LogP contribution in [0.3, 0.4) is 0 Å². The molecule has 1 heterocycles. The van der Waals surface area contributed by atoms with Crippen LogP contribution < -0.4 is 0 Å². The number of halogens is 7. The minimum Gasteiger partial charge on any atom is -0.359 e. The predicted molar refractivity (Wildman–Crippen MR) is 86.7 cm³/mol. The lowest BCUT2D eigenvalue weighted by molar-refractivity contribution is -0.536. The van der Waals surface area contributed by atoms with Gasteiger partial charge in [0.15, 0.2) is 0 Å². The summed E-state index contributed by atoms with van der Waals surface area (Å²) in [6, 6.07) is 0. The first-order valence-corrected chi connectivity index (χ1v) is 9.23. The summed E-state index contributed by atoms with van der Waals surface area (Å²) in [5.74, 6) is -16.4. The second-order valence-corrected chi connectivity index (χ2v) is 7.93. The highest BCUT2D eigenvalue weighted by Crippen LogP contribution is 2.64. The second kappa shape index (κ2) is 7.58. The zero-order valence-corrected chi connectivity index (χ0v) is 16.5. The summed E-state index contributed by atoms with van der Waals surface area (Å²) in [5, 5.41) is 0. The van der Waals surface area contributed by atoms with E-state index in [9.17, 15) is 13.2 Å². The summed E-state index contributed by atoms with van der Waals surface area (Å²) in [7, 11) is 1.87. The van der Waals surface area contributed by atoms with E-state index < -0.39 is 60.9 Å². The van der Waals surface area contributed by atoms with Gasteiger partial charge in [-0.25, -0.2) is 8.78 Å². The molecule has 6 atom stereocenters. The van der Waals surface area contributed by atoms with Crippen LogP contribution in [0.1, 0.15) is 19.8 Å². The van der Waals surface area contributed by atoms with Crippen molar-refractivity contribution in [3.8, 4) is 0 Å². The van der Waals surface area contributed by atoms with Gasteiger partial charge in [-0.1, -0.05) is 12.2 Å². The molecule has 0 N–H and O–H groups in total. The molecule has 0 amide bonds. The van der Waals surface area contributed by atoms with Crippen molar-refractivity contribution in [1.82, 2.24) is 0 Å². The van der Waals surface area contributed by atoms with E-state index >= 15 is 17.6 Å². The minimum atomic E-state index is -5.89. The van der Waals surface area contributed by atoms with E-state index in [1.54, 1.807) is 12.2 Å². The minimum absolute atomic E-state index is 0.0750. The summed E-state index contributed by atoms with van der Waals surface area (Å²) in [5.41, 5.74) is -3.95. The highest BCUT2D eigenvalue weighted by molar-refractivity contribution is 5.21. The Morgan fingerprint density at radius 2 is 1.57 bits per heavy atom. The maximum Gasteiger partial charge on any atom is 0.450 e. The molecule has 0 aromatic rings. The van der Waals surface area contributed by atoms with Crippen LogP contribution >= 0.6 is 0 Å². The Balaban J connectivity index is 2.16. The zero-order valence-electron chi connectivity index (χ0n) is 16.5. The molecule has 0 spiro atoms. The van der Waals surface area contributed by atoms with Gasteiger partial charge in [0.1, 0.15) is 19.7 Å². The first-order valence-electron chi connectivity index (χ1n) is 9.23. The number of allylic oxidation sites excluding steroid dienone is 2. The summed E-state index contributed by atoms with van der Waals surface area (Å²) in [4.78, 5) is 0. The lowest BCUT2D eigenvalue weighted by atomic mass is 9.73. The Bertz CT molecular complexity index is 670. The Labute approximate surface area is 168 Å². The average Bonchev–Trinajstić information content (AvgIpc) is 3.27. The van der Waals surface area contributed by atoms with Crippen molar-refractivity contribution in [2.75, 3.05) is 27.8 Å². The average molecular weight is 452 g/mol. The van der Waals surface area contributed by atoms with Gasteiger partial charge in [0.25, 0.3) is 0 Å². The molecule has 3 rings (SSSR count). The maximum absolute atomic E-state index is 15.5. The van der Waals surface area contributed by atoms with Crippen LogP contribution in [-0.2, 0) is 23.7 Å². The lowest BCUT2D eigenvalue weighted by Gasteiger charge is -2.58. The van der Waals surface area contributed by atoms with Gasteiger partial charge < -0.3 is 23.7 Å². The molecule has 1 saturated heterocycles. The van der Waals surface area contributed by atoms with E-state index in [2.05, 4.69) is 23.7 Å². The van der Waals surface area contributed by atoms with Crippen molar-refractivity contribution < 1.29 is 54.4 Å². The number of alkyl halides is 7. The third-order valence-corrected chi connectivity index (χ3v) is 6.24. The number of ether oxygens (including phenoxy) is 5. The first kappa shape index (κ1) is 23.7. The lowest BCUT2D eigenvalue weighted by Crippen LogP contribution is -2.82. The Morgan fingerprint density at radius 1 is 0.967 bits per heavy atom. The Morgan fingerprint density at radius 3 is 2.03 bits per heavy atom. The maximum atomic E-state index is 15.5. The largest absolute Gasteiger partial charge is 0.450 e. The molecule has 2 fully saturated rings. The van der Waals surface area contributed by atoms with Gasteiger partial charge in [-0.15, -0.1) is 0 Å². The van der Waals surface area contributed by atoms with E-state index in [0.717, 1.165) is 14.2 Å². The van der Waals surface area contributed by atoms with Crippen LogP contribution in [0.2, 0.25) is 0 Å². The fourth-order valence-corrected chi connectivity index (χ4v) is 4.61. The van der Waals surface area contributed by atoms with Gasteiger partial charge in [0, 0.05) is 14.2 Å². The highest BCUT2D eigenvalue weighted by atomic mass is 19.4. The van der Waals surface area contributed by atoms with E-state index in [4.69, 9.17) is 0 Å². The van der Waals surface area contributed by atoms with Crippen molar-refractivity contribution in [2.45, 2.75) is 55.3 Å². The second-order valence-electron chi connectivity index (χ2n) is 7.93. The van der Waals surface area contributed by atoms with Gasteiger partial charge in [0.05, 0.1) is 0 Å². The zero-order chi connectivity index (χ0) is 22.6. The number of hydrogen-bond acceptors (Lipinski definition) is 5. The van der Waals surface area contributed by atoms with Gasteiger partial charge in [0.2, 0.25) is 5.60 Å². The number of fused-ring (bicyclic) bond motifs is 2. The molecule has 30 heavy (non-hydrogen) atoms. The third kappa shape index (κ3) is 3.09. The molecule has 2 aliphatic carbocycles. The van der Waals surface area contributed by atoms with Crippen molar-refractivity contribution >= 4 is 0 Å². The SMILES string of the molecule is COCOC1(C)C(F)(F)C(C2CC3C=CC2C3)OC(OCOC)(C(F)(F)F)C1(F)F. The molecule has 12 heteroatoms. The third-order valence-electron chi connectivity index (χ3n) is 6.24. The van der Waals surface area contributed by atoms with E-state index in [0.29, 0.717) is 6.42 Å². The van der Waals surface area contributed by atoms with Crippen molar-refractivity contribution in [3.05, 3.63) is 12.2 Å². The fourth-order valence-electron chi connectivity index (χ4n) is 4.61. The summed E-state index contributed by atoms with van der Waals surface area (Å²) in [6.07, 6.45) is -4.55. The number of methoxy groups -OCH3 is 2. The van der Waals surface area contributed by atoms with E-state index in [1.807, 2.05) is 0 Å². The molecule has 6 unspecified atom stereocenters. The number of hydrogen-bond donors (Lipinski definition) is 0. The predicted octanol–water partition coefficient (Wildman–Crippen LogP) is 4.13. The normalized spacial score (nSPS) is 42.1. The first-order chi connectivity index (χ1) is 13.8. The van der Waals surface area contributed by atoms with E-state index in [1.165, 1.54) is 0 Å². The van der Waals surface area contributed by atoms with Gasteiger partial charge in [-0.05, 0) is 37.5 Å². The van der Waals surface area contributed by atoms with Gasteiger partial charge in [-0.3, -0.25) is 0 Å². The number of rotatable bonds is 7. The molecule has 0 aromatic carbocycles. The monoisotopic (exact) mass is 452 g/mol. The van der Waals surface area contributed by atoms with Crippen molar-refractivity contribution in [1.29, 1.82) is 0 Å². The summed E-state index contributed by atoms with van der Waals surface area (Å²) < 4.78 is 126. The molecule has 3 aliphatic rings. The van der Waals surface area contributed by atoms with Crippen LogP contribution in [0, 0.1) is 17.8 Å². The van der Waals surface area contributed by atoms with Crippen molar-refractivity contribution in [3.63, 3.8) is 0 Å². The van der Waals surface area contributed by atoms with Crippen LogP contribution in [0.4, 0.5) is 30.7 Å². The summed E-state index contributed by atoms with van der Waals surface area (Å²) >= 11 is 0. The van der Waals surface area contributed by atoms with Gasteiger partial charge in [-0.2, -0.15) is 22.0 Å². The van der Waals surface area contributed by atoms with Crippen LogP contribution in [0.5, 0.6) is 0 Å². The van der Waals surface area contributed by atoms with Crippen LogP contribution in [-0.4, -0.2) is 63.3 Å². The molecule has 1 aliphatic heterocycles. The quantitative estimate of drug-likeness (QED) is 0.330.